The van der Waals surface area contributed by atoms with Crippen LogP contribution < -0.4 is 5.32 Å². The maximum absolute atomic E-state index is 5.72. The minimum atomic E-state index is 0.468. The third-order valence-electron chi connectivity index (χ3n) is 3.60. The number of hydrogen-bond acceptors (Lipinski definition) is 3. The van der Waals surface area contributed by atoms with Gasteiger partial charge in [-0.1, -0.05) is 6.92 Å². The third kappa shape index (κ3) is 3.09. The summed E-state index contributed by atoms with van der Waals surface area (Å²) >= 11 is 1.92. The van der Waals surface area contributed by atoms with E-state index in [9.17, 15) is 0 Å². The Labute approximate surface area is 108 Å². The first-order valence-corrected chi connectivity index (χ1v) is 7.56. The lowest BCUT2D eigenvalue weighted by molar-refractivity contribution is 0.104. The number of nitrogens with one attached hydrogen (secondary N) is 1. The van der Waals surface area contributed by atoms with Gasteiger partial charge in [-0.05, 0) is 49.7 Å². The van der Waals surface area contributed by atoms with Gasteiger partial charge in [0.25, 0.3) is 0 Å². The van der Waals surface area contributed by atoms with E-state index in [1.54, 1.807) is 10.4 Å². The first-order chi connectivity index (χ1) is 8.36. The molecule has 17 heavy (non-hydrogen) atoms. The summed E-state index contributed by atoms with van der Waals surface area (Å²) in [5.41, 5.74) is 1.57. The lowest BCUT2D eigenvalue weighted by Crippen LogP contribution is -2.37. The van der Waals surface area contributed by atoms with E-state index in [1.165, 1.54) is 19.3 Å². The fourth-order valence-corrected chi connectivity index (χ4v) is 3.69. The normalized spacial score (nSPS) is 21.2. The maximum Gasteiger partial charge on any atom is 0.0625 e. The topological polar surface area (TPSA) is 21.3 Å². The molecule has 1 aliphatic carbocycles. The summed E-state index contributed by atoms with van der Waals surface area (Å²) in [4.78, 5) is 1.59. The molecule has 1 aromatic heterocycles. The fraction of sp³-hybridized carbons (Fsp3) is 0.714. The summed E-state index contributed by atoms with van der Waals surface area (Å²) in [5.74, 6) is 0.645. The van der Waals surface area contributed by atoms with Crippen LogP contribution in [-0.4, -0.2) is 26.3 Å². The molecule has 0 fully saturated rings. The molecule has 0 bridgehead atoms. The van der Waals surface area contributed by atoms with Crippen molar-refractivity contribution in [2.24, 2.45) is 0 Å². The van der Waals surface area contributed by atoms with E-state index in [1.807, 2.05) is 11.3 Å². The van der Waals surface area contributed by atoms with Crippen molar-refractivity contribution in [1.82, 2.24) is 5.32 Å². The van der Waals surface area contributed by atoms with E-state index in [4.69, 9.17) is 4.74 Å². The SMILES string of the molecule is CCCOCC(NC)C1CCCc2sccc21. The molecule has 96 valence electrons. The quantitative estimate of drug-likeness (QED) is 0.786. The molecule has 1 N–H and O–H groups in total. The summed E-state index contributed by atoms with van der Waals surface area (Å²) in [6.45, 7) is 3.87. The van der Waals surface area contributed by atoms with Gasteiger partial charge in [-0.2, -0.15) is 0 Å². The van der Waals surface area contributed by atoms with E-state index in [2.05, 4.69) is 30.7 Å². The van der Waals surface area contributed by atoms with Crippen LogP contribution in [0.1, 0.15) is 42.5 Å². The molecule has 2 unspecified atom stereocenters. The number of likely N-dealkylation sites (N-methyl/N-ethyl adjacent to an activating group) is 1. The van der Waals surface area contributed by atoms with Gasteiger partial charge >= 0.3 is 0 Å². The van der Waals surface area contributed by atoms with Crippen LogP contribution in [0.4, 0.5) is 0 Å². The second-order valence-electron chi connectivity index (χ2n) is 4.77. The second kappa shape index (κ2) is 6.53. The molecule has 0 radical (unpaired) electrons. The average Bonchev–Trinajstić information content (AvgIpc) is 2.83. The summed E-state index contributed by atoms with van der Waals surface area (Å²) < 4.78 is 5.72. The smallest absolute Gasteiger partial charge is 0.0625 e. The standard InChI is InChI=1S/C14H23NOS/c1-3-8-16-10-13(15-2)11-5-4-6-14-12(11)7-9-17-14/h7,9,11,13,15H,3-6,8,10H2,1-2H3. The molecule has 2 rings (SSSR count). The second-order valence-corrected chi connectivity index (χ2v) is 5.77. The molecular weight excluding hydrogens is 230 g/mol. The van der Waals surface area contributed by atoms with Gasteiger partial charge in [-0.25, -0.2) is 0 Å². The Morgan fingerprint density at radius 2 is 2.47 bits per heavy atom. The molecule has 1 aromatic rings. The van der Waals surface area contributed by atoms with Crippen molar-refractivity contribution in [3.8, 4) is 0 Å². The Bertz CT molecular complexity index is 337. The van der Waals surface area contributed by atoms with Crippen molar-refractivity contribution in [2.75, 3.05) is 20.3 Å². The maximum atomic E-state index is 5.72. The molecule has 0 amide bonds. The van der Waals surface area contributed by atoms with Gasteiger partial charge in [0.2, 0.25) is 0 Å². The van der Waals surface area contributed by atoms with Crippen LogP contribution in [0.5, 0.6) is 0 Å². The first-order valence-electron chi connectivity index (χ1n) is 6.68. The Morgan fingerprint density at radius 3 is 3.24 bits per heavy atom. The van der Waals surface area contributed by atoms with E-state index in [-0.39, 0.29) is 0 Å². The van der Waals surface area contributed by atoms with Crippen molar-refractivity contribution in [2.45, 2.75) is 44.6 Å². The highest BCUT2D eigenvalue weighted by atomic mass is 32.1. The van der Waals surface area contributed by atoms with Crippen molar-refractivity contribution >= 4 is 11.3 Å². The Kier molecular flexibility index (Phi) is 5.01. The zero-order chi connectivity index (χ0) is 12.1. The van der Waals surface area contributed by atoms with Crippen molar-refractivity contribution in [3.05, 3.63) is 21.9 Å². The Hall–Kier alpha value is -0.380. The van der Waals surface area contributed by atoms with Gasteiger partial charge in [0, 0.05) is 23.4 Å². The van der Waals surface area contributed by atoms with Gasteiger partial charge in [0.1, 0.15) is 0 Å². The fourth-order valence-electron chi connectivity index (χ4n) is 2.70. The molecule has 2 nitrogen and oxygen atoms in total. The number of ether oxygens (including phenoxy) is 1. The lowest BCUT2D eigenvalue weighted by atomic mass is 9.83. The van der Waals surface area contributed by atoms with Crippen molar-refractivity contribution < 1.29 is 4.74 Å². The molecule has 1 heterocycles. The number of aryl methyl sites for hydroxylation is 1. The summed E-state index contributed by atoms with van der Waals surface area (Å²) in [7, 11) is 2.06. The van der Waals surface area contributed by atoms with E-state index < -0.39 is 0 Å². The van der Waals surface area contributed by atoms with Gasteiger partial charge in [0.05, 0.1) is 6.61 Å². The molecule has 1 aliphatic rings. The highest BCUT2D eigenvalue weighted by Gasteiger charge is 2.27. The molecule has 3 heteroatoms. The molecule has 2 atom stereocenters. The van der Waals surface area contributed by atoms with Gasteiger partial charge < -0.3 is 10.1 Å². The number of rotatable bonds is 6. The summed E-state index contributed by atoms with van der Waals surface area (Å²) in [5, 5.41) is 5.68. The highest BCUT2D eigenvalue weighted by Crippen LogP contribution is 2.36. The van der Waals surface area contributed by atoms with Crippen LogP contribution in [0, 0.1) is 0 Å². The molecule has 0 aromatic carbocycles. The summed E-state index contributed by atoms with van der Waals surface area (Å²) in [6, 6.07) is 2.78. The van der Waals surface area contributed by atoms with Crippen LogP contribution >= 0.6 is 11.3 Å². The molecule has 0 saturated heterocycles. The largest absolute Gasteiger partial charge is 0.380 e. The lowest BCUT2D eigenvalue weighted by Gasteiger charge is -2.30. The van der Waals surface area contributed by atoms with Crippen LogP contribution in [-0.2, 0) is 11.2 Å². The number of fused-ring (bicyclic) bond motifs is 1. The van der Waals surface area contributed by atoms with Crippen LogP contribution in [0.25, 0.3) is 0 Å². The zero-order valence-electron chi connectivity index (χ0n) is 10.9. The molecule has 0 aliphatic heterocycles. The van der Waals surface area contributed by atoms with E-state index >= 15 is 0 Å². The monoisotopic (exact) mass is 253 g/mol. The average molecular weight is 253 g/mol. The Balaban J connectivity index is 2.01. The van der Waals surface area contributed by atoms with E-state index in [0.29, 0.717) is 12.0 Å². The summed E-state index contributed by atoms with van der Waals surface area (Å²) in [6.07, 6.45) is 5.00. The Morgan fingerprint density at radius 1 is 1.59 bits per heavy atom. The van der Waals surface area contributed by atoms with Crippen molar-refractivity contribution in [3.63, 3.8) is 0 Å². The molecular formula is C14H23NOS. The number of thiophene rings is 1. The van der Waals surface area contributed by atoms with Crippen molar-refractivity contribution in [1.29, 1.82) is 0 Å². The van der Waals surface area contributed by atoms with Crippen LogP contribution in [0.15, 0.2) is 11.4 Å². The van der Waals surface area contributed by atoms with Gasteiger partial charge in [0.15, 0.2) is 0 Å². The predicted octanol–water partition coefficient (Wildman–Crippen LogP) is 3.18. The highest BCUT2D eigenvalue weighted by molar-refractivity contribution is 7.10. The molecule has 0 saturated carbocycles. The van der Waals surface area contributed by atoms with Crippen LogP contribution in [0.3, 0.4) is 0 Å². The zero-order valence-corrected chi connectivity index (χ0v) is 11.7. The predicted molar refractivity (Wildman–Crippen MR) is 74.0 cm³/mol. The third-order valence-corrected chi connectivity index (χ3v) is 4.60. The molecule has 0 spiro atoms. The van der Waals surface area contributed by atoms with E-state index in [0.717, 1.165) is 19.6 Å². The first kappa shape index (κ1) is 13.1. The minimum Gasteiger partial charge on any atom is -0.380 e. The number of hydrogen-bond donors (Lipinski definition) is 1. The van der Waals surface area contributed by atoms with Gasteiger partial charge in [-0.15, -0.1) is 11.3 Å². The van der Waals surface area contributed by atoms with Gasteiger partial charge in [-0.3, -0.25) is 0 Å². The minimum absolute atomic E-state index is 0.468. The van der Waals surface area contributed by atoms with Crippen LogP contribution in [0.2, 0.25) is 0 Å².